The fraction of sp³-hybridized carbons (Fsp3) is 0.846. The van der Waals surface area contributed by atoms with Gasteiger partial charge in [0.25, 0.3) is 0 Å². The van der Waals surface area contributed by atoms with Gasteiger partial charge in [-0.2, -0.15) is 0 Å². The van der Waals surface area contributed by atoms with Crippen molar-refractivity contribution in [3.05, 3.63) is 0 Å². The van der Waals surface area contributed by atoms with Gasteiger partial charge < -0.3 is 5.32 Å². The molecule has 0 radical (unpaired) electrons. The van der Waals surface area contributed by atoms with Crippen LogP contribution < -0.4 is 5.32 Å². The van der Waals surface area contributed by atoms with Gasteiger partial charge in [0.05, 0.1) is 0 Å². The first-order valence-electron chi connectivity index (χ1n) is 7.24. The van der Waals surface area contributed by atoms with Crippen LogP contribution >= 0.6 is 0 Å². The van der Waals surface area contributed by atoms with Crippen LogP contribution in [0, 0.1) is 0 Å². The molecule has 19 heavy (non-hydrogen) atoms. The van der Waals surface area contributed by atoms with Gasteiger partial charge in [0, 0.05) is 71.2 Å². The quantitative estimate of drug-likeness (QED) is 0.643. The first kappa shape index (κ1) is 13.0. The van der Waals surface area contributed by atoms with Crippen molar-refractivity contribution in [2.24, 2.45) is 0 Å². The second kappa shape index (κ2) is 5.56. The number of amides is 2. The van der Waals surface area contributed by atoms with Crippen molar-refractivity contribution in [1.29, 1.82) is 0 Å². The number of hydrogen-bond donors (Lipinski definition) is 1. The van der Waals surface area contributed by atoms with Crippen molar-refractivity contribution in [2.75, 3.05) is 52.4 Å². The second-order valence-electron chi connectivity index (χ2n) is 5.64. The lowest BCUT2D eigenvalue weighted by Crippen LogP contribution is -2.63. The van der Waals surface area contributed by atoms with Crippen molar-refractivity contribution in [1.82, 2.24) is 20.0 Å². The van der Waals surface area contributed by atoms with Crippen molar-refractivity contribution in [2.45, 2.75) is 18.9 Å². The Morgan fingerprint density at radius 2 is 1.63 bits per heavy atom. The Balaban J connectivity index is 1.37. The van der Waals surface area contributed by atoms with E-state index in [2.05, 4.69) is 15.1 Å². The zero-order chi connectivity index (χ0) is 13.2. The van der Waals surface area contributed by atoms with Crippen LogP contribution in [0.5, 0.6) is 0 Å². The minimum atomic E-state index is 0.00387. The molecule has 1 N–H and O–H groups in total. The molecule has 0 spiro atoms. The van der Waals surface area contributed by atoms with E-state index in [1.807, 2.05) is 0 Å². The lowest BCUT2D eigenvalue weighted by Gasteiger charge is -2.47. The molecule has 3 rings (SSSR count). The minimum absolute atomic E-state index is 0.00387. The van der Waals surface area contributed by atoms with Crippen molar-refractivity contribution < 1.29 is 9.59 Å². The van der Waals surface area contributed by atoms with Crippen molar-refractivity contribution in [3.63, 3.8) is 0 Å². The van der Waals surface area contributed by atoms with Crippen LogP contribution in [-0.2, 0) is 9.59 Å². The number of rotatable bonds is 4. The van der Waals surface area contributed by atoms with Gasteiger partial charge in [0.1, 0.15) is 0 Å². The first-order chi connectivity index (χ1) is 9.24. The Hall–Kier alpha value is -0.980. The number of hydrogen-bond acceptors (Lipinski definition) is 5. The van der Waals surface area contributed by atoms with Gasteiger partial charge in [0.2, 0.25) is 11.8 Å². The molecule has 6 nitrogen and oxygen atoms in total. The summed E-state index contributed by atoms with van der Waals surface area (Å²) in [6, 6.07) is 0.673. The van der Waals surface area contributed by atoms with Gasteiger partial charge in [-0.25, -0.2) is 0 Å². The summed E-state index contributed by atoms with van der Waals surface area (Å²) < 4.78 is 0. The van der Waals surface area contributed by atoms with Crippen LogP contribution in [0.1, 0.15) is 12.8 Å². The molecular formula is C13H22N4O2. The lowest BCUT2D eigenvalue weighted by molar-refractivity contribution is -0.138. The number of carbonyl (C=O) groups is 2. The van der Waals surface area contributed by atoms with Gasteiger partial charge in [-0.1, -0.05) is 0 Å². The SMILES string of the molecule is O=C1CCC(=O)N1CCN1CC(N2CCNCC2)C1. The summed E-state index contributed by atoms with van der Waals surface area (Å²) in [7, 11) is 0. The third-order valence-corrected chi connectivity index (χ3v) is 4.40. The summed E-state index contributed by atoms with van der Waals surface area (Å²) in [5.74, 6) is 0.00774. The molecule has 106 valence electrons. The highest BCUT2D eigenvalue weighted by atomic mass is 16.2. The zero-order valence-corrected chi connectivity index (χ0v) is 11.3. The summed E-state index contributed by atoms with van der Waals surface area (Å²) in [6.45, 7) is 8.03. The molecule has 0 saturated carbocycles. The molecule has 0 bridgehead atoms. The maximum Gasteiger partial charge on any atom is 0.229 e. The summed E-state index contributed by atoms with van der Waals surface area (Å²) in [5.41, 5.74) is 0. The molecule has 6 heteroatoms. The van der Waals surface area contributed by atoms with Crippen molar-refractivity contribution in [3.8, 4) is 0 Å². The number of carbonyl (C=O) groups excluding carboxylic acids is 2. The molecular weight excluding hydrogens is 244 g/mol. The van der Waals surface area contributed by atoms with Crippen LogP contribution in [0.3, 0.4) is 0 Å². The third kappa shape index (κ3) is 2.80. The van der Waals surface area contributed by atoms with Crippen LogP contribution in [0.15, 0.2) is 0 Å². The Bertz CT molecular complexity index is 346. The van der Waals surface area contributed by atoms with E-state index in [1.165, 1.54) is 4.90 Å². The molecule has 0 aromatic rings. The van der Waals surface area contributed by atoms with E-state index in [1.54, 1.807) is 0 Å². The standard InChI is InChI=1S/C13H22N4O2/c18-12-1-2-13(19)17(12)8-7-15-9-11(10-15)16-5-3-14-4-6-16/h11,14H,1-10H2. The molecule has 3 fully saturated rings. The Morgan fingerprint density at radius 1 is 1.00 bits per heavy atom. The van der Waals surface area contributed by atoms with Crippen LogP contribution in [0.4, 0.5) is 0 Å². The molecule has 0 unspecified atom stereocenters. The highest BCUT2D eigenvalue weighted by molar-refractivity contribution is 6.01. The normalized spacial score (nSPS) is 27.1. The topological polar surface area (TPSA) is 55.9 Å². The van der Waals surface area contributed by atoms with E-state index in [4.69, 9.17) is 0 Å². The molecule has 3 aliphatic heterocycles. The van der Waals surface area contributed by atoms with Gasteiger partial charge in [-0.05, 0) is 0 Å². The number of likely N-dealkylation sites (tertiary alicyclic amines) is 2. The summed E-state index contributed by atoms with van der Waals surface area (Å²) in [5, 5.41) is 3.36. The van der Waals surface area contributed by atoms with E-state index in [9.17, 15) is 9.59 Å². The monoisotopic (exact) mass is 266 g/mol. The highest BCUT2D eigenvalue weighted by Gasteiger charge is 2.34. The Labute approximate surface area is 113 Å². The first-order valence-corrected chi connectivity index (χ1v) is 7.24. The molecule has 0 atom stereocenters. The molecule has 0 aromatic carbocycles. The molecule has 0 aromatic heterocycles. The zero-order valence-electron chi connectivity index (χ0n) is 11.3. The summed E-state index contributed by atoms with van der Waals surface area (Å²) in [4.78, 5) is 29.3. The van der Waals surface area contributed by atoms with E-state index in [0.29, 0.717) is 25.4 Å². The lowest BCUT2D eigenvalue weighted by atomic mass is 10.1. The third-order valence-electron chi connectivity index (χ3n) is 4.40. The highest BCUT2D eigenvalue weighted by Crippen LogP contribution is 2.16. The molecule has 0 aliphatic carbocycles. The fourth-order valence-corrected chi connectivity index (χ4v) is 3.12. The van der Waals surface area contributed by atoms with E-state index < -0.39 is 0 Å². The van der Waals surface area contributed by atoms with Crippen LogP contribution in [0.25, 0.3) is 0 Å². The average molecular weight is 266 g/mol. The van der Waals surface area contributed by atoms with E-state index in [-0.39, 0.29) is 11.8 Å². The second-order valence-corrected chi connectivity index (χ2v) is 5.64. The number of nitrogens with one attached hydrogen (secondary N) is 1. The summed E-state index contributed by atoms with van der Waals surface area (Å²) >= 11 is 0. The largest absolute Gasteiger partial charge is 0.314 e. The number of imide groups is 1. The molecule has 3 aliphatic rings. The smallest absolute Gasteiger partial charge is 0.229 e. The fourth-order valence-electron chi connectivity index (χ4n) is 3.12. The maximum atomic E-state index is 11.5. The molecule has 2 amide bonds. The molecule has 3 heterocycles. The van der Waals surface area contributed by atoms with Gasteiger partial charge in [0.15, 0.2) is 0 Å². The van der Waals surface area contributed by atoms with Gasteiger partial charge >= 0.3 is 0 Å². The molecule has 3 saturated heterocycles. The van der Waals surface area contributed by atoms with E-state index in [0.717, 1.165) is 45.8 Å². The van der Waals surface area contributed by atoms with Gasteiger partial charge in [-0.15, -0.1) is 0 Å². The van der Waals surface area contributed by atoms with Crippen molar-refractivity contribution >= 4 is 11.8 Å². The predicted octanol–water partition coefficient (Wildman–Crippen LogP) is -1.28. The Morgan fingerprint density at radius 3 is 2.26 bits per heavy atom. The Kier molecular flexibility index (Phi) is 3.81. The van der Waals surface area contributed by atoms with Crippen LogP contribution in [-0.4, -0.2) is 84.9 Å². The minimum Gasteiger partial charge on any atom is -0.314 e. The average Bonchev–Trinajstić information content (AvgIpc) is 2.69. The number of piperazine rings is 1. The van der Waals surface area contributed by atoms with Gasteiger partial charge in [-0.3, -0.25) is 24.3 Å². The van der Waals surface area contributed by atoms with E-state index >= 15 is 0 Å². The number of nitrogens with zero attached hydrogens (tertiary/aromatic N) is 3. The predicted molar refractivity (Wildman–Crippen MR) is 70.6 cm³/mol. The van der Waals surface area contributed by atoms with Crippen LogP contribution in [0.2, 0.25) is 0 Å². The summed E-state index contributed by atoms with van der Waals surface area (Å²) in [6.07, 6.45) is 0.810. The maximum absolute atomic E-state index is 11.5.